The number of carbonyl (C=O) groups is 1. The molecule has 5 nitrogen and oxygen atoms in total. The van der Waals surface area contributed by atoms with Crippen molar-refractivity contribution in [3.05, 3.63) is 60.8 Å². The number of rotatable bonds is 13. The van der Waals surface area contributed by atoms with Gasteiger partial charge in [-0.05, 0) is 69.2 Å². The molecule has 1 aromatic carbocycles. The molecule has 0 aromatic heterocycles. The SMILES string of the molecule is C=C/C=C(\C=C/C)N1CC(CCCC)N(CCC)Sc2cc(O/C=C(\F)C(=O)OCC)c(SC)cc21. The Labute approximate surface area is 224 Å². The Hall–Kier alpha value is -2.16. The van der Waals surface area contributed by atoms with E-state index < -0.39 is 11.8 Å². The van der Waals surface area contributed by atoms with Crippen LogP contribution in [0.25, 0.3) is 0 Å². The van der Waals surface area contributed by atoms with E-state index in [4.69, 9.17) is 9.47 Å². The Kier molecular flexibility index (Phi) is 13.2. The molecule has 2 rings (SSSR count). The summed E-state index contributed by atoms with van der Waals surface area (Å²) in [6.45, 7) is 13.9. The molecule has 1 heterocycles. The molecule has 0 radical (unpaired) electrons. The zero-order valence-corrected chi connectivity index (χ0v) is 23.7. The van der Waals surface area contributed by atoms with E-state index in [2.05, 4.69) is 41.8 Å². The maximum absolute atomic E-state index is 14.2. The van der Waals surface area contributed by atoms with Gasteiger partial charge < -0.3 is 14.4 Å². The summed E-state index contributed by atoms with van der Waals surface area (Å²) in [7, 11) is 0. The fraction of sp³-hybridized carbons (Fsp3) is 0.464. The largest absolute Gasteiger partial charge is 0.461 e. The average molecular weight is 535 g/mol. The van der Waals surface area contributed by atoms with Gasteiger partial charge in [0, 0.05) is 24.8 Å². The van der Waals surface area contributed by atoms with E-state index in [1.807, 2.05) is 37.5 Å². The van der Waals surface area contributed by atoms with Crippen LogP contribution in [0.1, 0.15) is 53.4 Å². The molecule has 198 valence electrons. The van der Waals surface area contributed by atoms with Crippen molar-refractivity contribution >= 4 is 35.4 Å². The number of ether oxygens (including phenoxy) is 2. The second kappa shape index (κ2) is 15.8. The van der Waals surface area contributed by atoms with Gasteiger partial charge in [0.1, 0.15) is 12.0 Å². The van der Waals surface area contributed by atoms with Gasteiger partial charge in [-0.25, -0.2) is 9.10 Å². The maximum atomic E-state index is 14.2. The van der Waals surface area contributed by atoms with Crippen molar-refractivity contribution in [3.63, 3.8) is 0 Å². The van der Waals surface area contributed by atoms with Crippen LogP contribution in [0, 0.1) is 0 Å². The summed E-state index contributed by atoms with van der Waals surface area (Å²) in [4.78, 5) is 15.9. The molecule has 0 saturated heterocycles. The van der Waals surface area contributed by atoms with Gasteiger partial charge in [0.15, 0.2) is 0 Å². The molecular formula is C28H39FN2O3S2. The Balaban J connectivity index is 2.62. The van der Waals surface area contributed by atoms with E-state index in [0.717, 1.165) is 66.2 Å². The third-order valence-electron chi connectivity index (χ3n) is 5.58. The molecule has 1 aromatic rings. The van der Waals surface area contributed by atoms with E-state index >= 15 is 0 Å². The standard InChI is InChI=1S/C28H39FN2O3S2/c1-7-12-15-22-19-30(21(13-8-2)14-9-3)24-17-27(35-6)25(18-26(24)36-31(22)16-10-4)34-20-23(29)28(32)33-11-5/h8-9,13-14,17-18,20,22H,2,7,10-12,15-16,19H2,1,3-6H3/b14-9-,21-13+,23-20-. The van der Waals surface area contributed by atoms with Gasteiger partial charge >= 0.3 is 5.97 Å². The number of unbranched alkanes of at least 4 members (excludes halogenated alkanes) is 1. The zero-order valence-electron chi connectivity index (χ0n) is 22.1. The third-order valence-corrected chi connectivity index (χ3v) is 7.58. The van der Waals surface area contributed by atoms with Crippen LogP contribution in [0.3, 0.4) is 0 Å². The van der Waals surface area contributed by atoms with Crippen LogP contribution >= 0.6 is 23.7 Å². The predicted octanol–water partition coefficient (Wildman–Crippen LogP) is 7.91. The smallest absolute Gasteiger partial charge is 0.370 e. The predicted molar refractivity (Wildman–Crippen MR) is 151 cm³/mol. The first kappa shape index (κ1) is 30.1. The van der Waals surface area contributed by atoms with Crippen LogP contribution in [-0.4, -0.2) is 42.3 Å². The van der Waals surface area contributed by atoms with Crippen molar-refractivity contribution in [1.82, 2.24) is 4.31 Å². The summed E-state index contributed by atoms with van der Waals surface area (Å²) < 4.78 is 27.1. The summed E-state index contributed by atoms with van der Waals surface area (Å²) in [6, 6.07) is 4.38. The fourth-order valence-corrected chi connectivity index (χ4v) is 5.73. The van der Waals surface area contributed by atoms with Crippen molar-refractivity contribution in [2.75, 3.05) is 30.9 Å². The molecule has 8 heteroatoms. The molecule has 0 spiro atoms. The molecule has 0 N–H and O–H groups in total. The van der Waals surface area contributed by atoms with Crippen LogP contribution in [0.5, 0.6) is 5.75 Å². The minimum absolute atomic E-state index is 0.0979. The van der Waals surface area contributed by atoms with Crippen molar-refractivity contribution in [1.29, 1.82) is 0 Å². The highest BCUT2D eigenvalue weighted by atomic mass is 32.2. The van der Waals surface area contributed by atoms with Gasteiger partial charge in [-0.2, -0.15) is 4.39 Å². The molecule has 0 amide bonds. The second-order valence-electron chi connectivity index (χ2n) is 8.24. The Bertz CT molecular complexity index is 978. The van der Waals surface area contributed by atoms with E-state index in [0.29, 0.717) is 11.8 Å². The second-order valence-corrected chi connectivity index (χ2v) is 10.2. The lowest BCUT2D eigenvalue weighted by atomic mass is 10.1. The minimum Gasteiger partial charge on any atom is -0.461 e. The number of allylic oxidation sites excluding steroid dienone is 4. The molecule has 36 heavy (non-hydrogen) atoms. The first-order valence-electron chi connectivity index (χ1n) is 12.5. The number of hydrogen-bond donors (Lipinski definition) is 0. The van der Waals surface area contributed by atoms with Gasteiger partial charge in [0.2, 0.25) is 5.83 Å². The summed E-state index contributed by atoms with van der Waals surface area (Å²) in [6.07, 6.45) is 15.2. The number of anilines is 1. The van der Waals surface area contributed by atoms with Crippen molar-refractivity contribution in [2.45, 2.75) is 69.2 Å². The minimum atomic E-state index is -1.07. The van der Waals surface area contributed by atoms with E-state index in [-0.39, 0.29) is 6.61 Å². The number of carbonyl (C=O) groups excluding carboxylic acids is 1. The first-order chi connectivity index (χ1) is 17.4. The van der Waals surface area contributed by atoms with Gasteiger partial charge in [0.05, 0.1) is 22.1 Å². The van der Waals surface area contributed by atoms with Crippen LogP contribution < -0.4 is 9.64 Å². The number of fused-ring (bicyclic) bond motifs is 1. The molecular weight excluding hydrogens is 495 g/mol. The van der Waals surface area contributed by atoms with Crippen LogP contribution in [0.4, 0.5) is 10.1 Å². The average Bonchev–Trinajstić information content (AvgIpc) is 3.01. The van der Waals surface area contributed by atoms with Crippen LogP contribution in [0.2, 0.25) is 0 Å². The summed E-state index contributed by atoms with van der Waals surface area (Å²) in [5.74, 6) is -1.60. The van der Waals surface area contributed by atoms with Gasteiger partial charge in [0.25, 0.3) is 0 Å². The Morgan fingerprint density at radius 1 is 1.31 bits per heavy atom. The Morgan fingerprint density at radius 3 is 2.69 bits per heavy atom. The van der Waals surface area contributed by atoms with Crippen LogP contribution in [-0.2, 0) is 9.53 Å². The number of halogens is 1. The number of nitrogens with zero attached hydrogens (tertiary/aromatic N) is 2. The first-order valence-corrected chi connectivity index (χ1v) is 14.5. The highest BCUT2D eigenvalue weighted by Gasteiger charge is 2.30. The maximum Gasteiger partial charge on any atom is 0.370 e. The quantitative estimate of drug-likeness (QED) is 0.0636. The van der Waals surface area contributed by atoms with Gasteiger partial charge in [-0.15, -0.1) is 11.8 Å². The summed E-state index contributed by atoms with van der Waals surface area (Å²) in [5, 5.41) is 0. The highest BCUT2D eigenvalue weighted by Crippen LogP contribution is 2.45. The highest BCUT2D eigenvalue weighted by molar-refractivity contribution is 7.98. The molecule has 0 saturated carbocycles. The lowest BCUT2D eigenvalue weighted by molar-refractivity contribution is -0.140. The molecule has 1 unspecified atom stereocenters. The zero-order chi connectivity index (χ0) is 26.5. The van der Waals surface area contributed by atoms with Crippen molar-refractivity contribution in [2.24, 2.45) is 0 Å². The molecule has 0 fully saturated rings. The van der Waals surface area contributed by atoms with E-state index in [1.165, 1.54) is 11.8 Å². The van der Waals surface area contributed by atoms with Gasteiger partial charge in [-0.1, -0.05) is 45.4 Å². The number of esters is 1. The molecule has 1 aliphatic heterocycles. The Morgan fingerprint density at radius 2 is 2.08 bits per heavy atom. The molecule has 1 aliphatic rings. The third kappa shape index (κ3) is 8.18. The summed E-state index contributed by atoms with van der Waals surface area (Å²) in [5.41, 5.74) is 2.13. The van der Waals surface area contributed by atoms with E-state index in [9.17, 15) is 9.18 Å². The molecule has 0 bridgehead atoms. The van der Waals surface area contributed by atoms with Gasteiger partial charge in [-0.3, -0.25) is 0 Å². The lowest BCUT2D eigenvalue weighted by Crippen LogP contribution is -2.39. The molecule has 1 atom stereocenters. The normalized spacial score (nSPS) is 17.2. The van der Waals surface area contributed by atoms with Crippen LogP contribution in [0.15, 0.2) is 70.6 Å². The number of hydrogen-bond acceptors (Lipinski definition) is 7. The monoisotopic (exact) mass is 534 g/mol. The lowest BCUT2D eigenvalue weighted by Gasteiger charge is -2.32. The molecule has 0 aliphatic carbocycles. The van der Waals surface area contributed by atoms with E-state index in [1.54, 1.807) is 18.9 Å². The number of thioether (sulfide) groups is 1. The summed E-state index contributed by atoms with van der Waals surface area (Å²) >= 11 is 3.23. The topological polar surface area (TPSA) is 42.0 Å². The number of benzene rings is 1. The fourth-order valence-electron chi connectivity index (χ4n) is 3.93. The van der Waals surface area contributed by atoms with Crippen molar-refractivity contribution < 1.29 is 18.7 Å². The van der Waals surface area contributed by atoms with Crippen molar-refractivity contribution in [3.8, 4) is 5.75 Å².